The molecular formula is C14H21ClN2OS. The molecule has 0 unspecified atom stereocenters. The molecule has 2 N–H and O–H groups in total. The molecule has 0 radical (unpaired) electrons. The Hall–Kier alpha value is -0.840. The third kappa shape index (κ3) is 6.76. The minimum absolute atomic E-state index is 0.279. The van der Waals surface area contributed by atoms with Crippen molar-refractivity contribution in [3.05, 3.63) is 28.8 Å². The molecule has 0 heterocycles. The van der Waals surface area contributed by atoms with Crippen molar-refractivity contribution in [3.8, 4) is 0 Å². The number of halogens is 1. The Balaban J connectivity index is 2.27. The molecule has 106 valence electrons. The molecule has 1 aromatic carbocycles. The molecule has 5 heteroatoms. The van der Waals surface area contributed by atoms with Crippen LogP contribution < -0.4 is 10.6 Å². The van der Waals surface area contributed by atoms with E-state index in [9.17, 15) is 0 Å². The fraction of sp³-hybridized carbons (Fsp3) is 0.500. The molecule has 0 fully saturated rings. The molecule has 0 aromatic heterocycles. The van der Waals surface area contributed by atoms with Gasteiger partial charge in [0.2, 0.25) is 0 Å². The molecule has 0 saturated carbocycles. The number of rotatable bonds is 6. The third-order valence-corrected chi connectivity index (χ3v) is 2.98. The van der Waals surface area contributed by atoms with E-state index in [1.807, 2.05) is 39.0 Å². The largest absolute Gasteiger partial charge is 0.379 e. The zero-order chi connectivity index (χ0) is 14.3. The van der Waals surface area contributed by atoms with Gasteiger partial charge in [-0.3, -0.25) is 0 Å². The summed E-state index contributed by atoms with van der Waals surface area (Å²) in [6.45, 7) is 7.59. The molecule has 1 rings (SSSR count). The van der Waals surface area contributed by atoms with Gasteiger partial charge in [0.05, 0.1) is 6.10 Å². The van der Waals surface area contributed by atoms with Crippen molar-refractivity contribution in [2.75, 3.05) is 18.5 Å². The first kappa shape index (κ1) is 16.2. The average molecular weight is 301 g/mol. The van der Waals surface area contributed by atoms with Gasteiger partial charge < -0.3 is 15.4 Å². The molecular weight excluding hydrogens is 280 g/mol. The van der Waals surface area contributed by atoms with Gasteiger partial charge in [0.1, 0.15) is 0 Å². The summed E-state index contributed by atoms with van der Waals surface area (Å²) < 4.78 is 5.46. The van der Waals surface area contributed by atoms with E-state index in [1.165, 1.54) is 0 Å². The lowest BCUT2D eigenvalue weighted by atomic mass is 10.2. The second-order valence-corrected chi connectivity index (χ2v) is 5.46. The number of nitrogens with one attached hydrogen (secondary N) is 2. The van der Waals surface area contributed by atoms with Crippen LogP contribution >= 0.6 is 23.8 Å². The molecule has 0 atom stereocenters. The number of anilines is 1. The fourth-order valence-corrected chi connectivity index (χ4v) is 1.97. The summed E-state index contributed by atoms with van der Waals surface area (Å²) >= 11 is 11.1. The SMILES string of the molecule is Cc1cc(Cl)ccc1NC(=S)NCCCOC(C)C. The van der Waals surface area contributed by atoms with E-state index in [-0.39, 0.29) is 6.10 Å². The maximum Gasteiger partial charge on any atom is 0.170 e. The van der Waals surface area contributed by atoms with Gasteiger partial charge in [-0.25, -0.2) is 0 Å². The lowest BCUT2D eigenvalue weighted by molar-refractivity contribution is 0.0777. The summed E-state index contributed by atoms with van der Waals surface area (Å²) in [6, 6.07) is 5.67. The van der Waals surface area contributed by atoms with Gasteiger partial charge in [-0.2, -0.15) is 0 Å². The second kappa shape index (κ2) is 8.35. The van der Waals surface area contributed by atoms with Crippen LogP contribution in [0.1, 0.15) is 25.8 Å². The molecule has 0 aliphatic heterocycles. The Labute approximate surface area is 125 Å². The highest BCUT2D eigenvalue weighted by Crippen LogP contribution is 2.19. The van der Waals surface area contributed by atoms with Gasteiger partial charge >= 0.3 is 0 Å². The Morgan fingerprint density at radius 1 is 1.42 bits per heavy atom. The van der Waals surface area contributed by atoms with Crippen molar-refractivity contribution < 1.29 is 4.74 Å². The summed E-state index contributed by atoms with van der Waals surface area (Å²) in [5.74, 6) is 0. The highest BCUT2D eigenvalue weighted by atomic mass is 35.5. The zero-order valence-corrected chi connectivity index (χ0v) is 13.2. The maximum atomic E-state index is 5.91. The first-order valence-corrected chi connectivity index (χ1v) is 7.20. The molecule has 0 amide bonds. The van der Waals surface area contributed by atoms with E-state index in [0.29, 0.717) is 5.11 Å². The van der Waals surface area contributed by atoms with Crippen LogP contribution in [0.4, 0.5) is 5.69 Å². The highest BCUT2D eigenvalue weighted by molar-refractivity contribution is 7.80. The Kier molecular flexibility index (Phi) is 7.13. The smallest absolute Gasteiger partial charge is 0.170 e. The molecule has 3 nitrogen and oxygen atoms in total. The van der Waals surface area contributed by atoms with Crippen LogP contribution in [-0.2, 0) is 4.74 Å². The lowest BCUT2D eigenvalue weighted by Gasteiger charge is -2.13. The van der Waals surface area contributed by atoms with E-state index < -0.39 is 0 Å². The number of ether oxygens (including phenoxy) is 1. The van der Waals surface area contributed by atoms with Crippen molar-refractivity contribution in [1.29, 1.82) is 0 Å². The number of aryl methyl sites for hydroxylation is 1. The number of hydrogen-bond donors (Lipinski definition) is 2. The molecule has 0 aliphatic carbocycles. The summed E-state index contributed by atoms with van der Waals surface area (Å²) in [5, 5.41) is 7.66. The van der Waals surface area contributed by atoms with Gasteiger partial charge in [0.25, 0.3) is 0 Å². The number of benzene rings is 1. The van der Waals surface area contributed by atoms with Crippen LogP contribution in [0, 0.1) is 6.92 Å². The molecule has 0 saturated heterocycles. The van der Waals surface area contributed by atoms with E-state index in [0.717, 1.165) is 35.8 Å². The number of thiocarbonyl (C=S) groups is 1. The van der Waals surface area contributed by atoms with Crippen molar-refractivity contribution in [3.63, 3.8) is 0 Å². The Bertz CT molecular complexity index is 424. The maximum absolute atomic E-state index is 5.91. The van der Waals surface area contributed by atoms with Crippen LogP contribution in [0.3, 0.4) is 0 Å². The van der Waals surface area contributed by atoms with Crippen molar-refractivity contribution in [2.24, 2.45) is 0 Å². The summed E-state index contributed by atoms with van der Waals surface area (Å²) in [6.07, 6.45) is 1.21. The minimum atomic E-state index is 0.279. The summed E-state index contributed by atoms with van der Waals surface area (Å²) in [4.78, 5) is 0. The van der Waals surface area contributed by atoms with Gasteiger partial charge in [0.15, 0.2) is 5.11 Å². The van der Waals surface area contributed by atoms with Gasteiger partial charge in [-0.15, -0.1) is 0 Å². The first-order chi connectivity index (χ1) is 8.99. The number of hydrogen-bond acceptors (Lipinski definition) is 2. The van der Waals surface area contributed by atoms with Crippen LogP contribution in [0.15, 0.2) is 18.2 Å². The van der Waals surface area contributed by atoms with Crippen molar-refractivity contribution in [2.45, 2.75) is 33.3 Å². The summed E-state index contributed by atoms with van der Waals surface area (Å²) in [7, 11) is 0. The van der Waals surface area contributed by atoms with E-state index in [4.69, 9.17) is 28.6 Å². The third-order valence-electron chi connectivity index (χ3n) is 2.49. The van der Waals surface area contributed by atoms with Crippen LogP contribution in [0.2, 0.25) is 5.02 Å². The molecule has 1 aromatic rings. The van der Waals surface area contributed by atoms with E-state index in [1.54, 1.807) is 0 Å². The van der Waals surface area contributed by atoms with Crippen molar-refractivity contribution in [1.82, 2.24) is 5.32 Å². The Morgan fingerprint density at radius 2 is 2.16 bits per heavy atom. The Morgan fingerprint density at radius 3 is 2.79 bits per heavy atom. The normalized spacial score (nSPS) is 10.6. The summed E-state index contributed by atoms with van der Waals surface area (Å²) in [5.41, 5.74) is 2.04. The van der Waals surface area contributed by atoms with Crippen LogP contribution in [0.5, 0.6) is 0 Å². The highest BCUT2D eigenvalue weighted by Gasteiger charge is 2.01. The van der Waals surface area contributed by atoms with Gasteiger partial charge in [0, 0.05) is 23.9 Å². The predicted molar refractivity (Wildman–Crippen MR) is 86.1 cm³/mol. The quantitative estimate of drug-likeness (QED) is 0.619. The van der Waals surface area contributed by atoms with Gasteiger partial charge in [-0.05, 0) is 63.2 Å². The average Bonchev–Trinajstić information content (AvgIpc) is 2.32. The molecule has 0 spiro atoms. The van der Waals surface area contributed by atoms with E-state index in [2.05, 4.69) is 10.6 Å². The topological polar surface area (TPSA) is 33.3 Å². The lowest BCUT2D eigenvalue weighted by Crippen LogP contribution is -2.30. The zero-order valence-electron chi connectivity index (χ0n) is 11.6. The molecule has 19 heavy (non-hydrogen) atoms. The fourth-order valence-electron chi connectivity index (χ4n) is 1.53. The van der Waals surface area contributed by atoms with Crippen LogP contribution in [-0.4, -0.2) is 24.4 Å². The molecule has 0 bridgehead atoms. The first-order valence-electron chi connectivity index (χ1n) is 6.41. The van der Waals surface area contributed by atoms with E-state index >= 15 is 0 Å². The van der Waals surface area contributed by atoms with Crippen LogP contribution in [0.25, 0.3) is 0 Å². The van der Waals surface area contributed by atoms with Crippen molar-refractivity contribution >= 4 is 34.6 Å². The minimum Gasteiger partial charge on any atom is -0.379 e. The predicted octanol–water partition coefficient (Wildman–Crippen LogP) is 3.75. The second-order valence-electron chi connectivity index (χ2n) is 4.61. The molecule has 0 aliphatic rings. The monoisotopic (exact) mass is 300 g/mol. The van der Waals surface area contributed by atoms with Gasteiger partial charge in [-0.1, -0.05) is 11.6 Å². The standard InChI is InChI=1S/C14H21ClN2OS/c1-10(2)18-8-4-7-16-14(19)17-13-6-5-12(15)9-11(13)3/h5-6,9-10H,4,7-8H2,1-3H3,(H2,16,17,19).